The molecule has 0 saturated heterocycles. The van der Waals surface area contributed by atoms with Crippen LogP contribution in [-0.4, -0.2) is 28.1 Å². The van der Waals surface area contributed by atoms with E-state index in [1.165, 1.54) is 0 Å². The molecule has 0 fully saturated rings. The summed E-state index contributed by atoms with van der Waals surface area (Å²) >= 11 is 1.04. The minimum atomic E-state index is -1.06. The minimum absolute atomic E-state index is 0.00924. The fraction of sp³-hybridized carbons (Fsp3) is 0.391. The number of carbonyl (C=O) groups is 3. The number of hydrogen-bond donors (Lipinski definition) is 2. The van der Waals surface area contributed by atoms with Crippen molar-refractivity contribution in [2.24, 2.45) is 5.92 Å². The zero-order chi connectivity index (χ0) is 21.9. The van der Waals surface area contributed by atoms with Gasteiger partial charge in [0, 0.05) is 29.9 Å². The fourth-order valence-electron chi connectivity index (χ4n) is 2.97. The molecule has 7 heteroatoms. The molecular formula is C23H29N2O4S+. The van der Waals surface area contributed by atoms with E-state index in [-0.39, 0.29) is 11.0 Å². The Morgan fingerprint density at radius 2 is 1.77 bits per heavy atom. The Hall–Kier alpha value is -2.67. The van der Waals surface area contributed by atoms with Gasteiger partial charge in [0.1, 0.15) is 12.6 Å². The Bertz CT molecular complexity index is 857. The summed E-state index contributed by atoms with van der Waals surface area (Å²) < 4.78 is 2.08. The summed E-state index contributed by atoms with van der Waals surface area (Å²) in [5.41, 5.74) is 0.324. The van der Waals surface area contributed by atoms with E-state index < -0.39 is 17.9 Å². The normalized spacial score (nSPS) is 12.7. The largest absolute Gasteiger partial charge is 0.480 e. The predicted octanol–water partition coefficient (Wildman–Crippen LogP) is 3.69. The van der Waals surface area contributed by atoms with Crippen LogP contribution in [0, 0.1) is 5.92 Å². The highest BCUT2D eigenvalue weighted by Crippen LogP contribution is 2.25. The summed E-state index contributed by atoms with van der Waals surface area (Å²) in [5, 5.41) is 12.0. The number of rotatable bonds is 11. The number of thioether (sulfide) groups is 1. The van der Waals surface area contributed by atoms with Crippen molar-refractivity contribution in [3.05, 3.63) is 60.4 Å². The topological polar surface area (TPSA) is 87.4 Å². The number of nitrogens with one attached hydrogen (secondary N) is 1. The van der Waals surface area contributed by atoms with Gasteiger partial charge in [-0.05, 0) is 24.5 Å². The van der Waals surface area contributed by atoms with Gasteiger partial charge < -0.3 is 10.4 Å². The molecule has 1 amide bonds. The number of benzene rings is 1. The summed E-state index contributed by atoms with van der Waals surface area (Å²) in [6.45, 7) is 4.52. The number of amides is 1. The third kappa shape index (κ3) is 7.30. The second kappa shape index (κ2) is 12.1. The average Bonchev–Trinajstić information content (AvgIpc) is 2.75. The van der Waals surface area contributed by atoms with Crippen LogP contribution in [-0.2, 0) is 16.1 Å². The van der Waals surface area contributed by atoms with Crippen molar-refractivity contribution in [2.45, 2.75) is 57.0 Å². The van der Waals surface area contributed by atoms with Crippen LogP contribution in [0.1, 0.15) is 49.9 Å². The number of aryl methyl sites for hydroxylation is 1. The molecule has 0 spiro atoms. The highest BCUT2D eigenvalue weighted by Gasteiger charge is 2.26. The van der Waals surface area contributed by atoms with E-state index >= 15 is 0 Å². The second-order valence-corrected chi connectivity index (χ2v) is 8.31. The summed E-state index contributed by atoms with van der Waals surface area (Å²) in [6, 6.07) is 11.8. The van der Waals surface area contributed by atoms with Gasteiger partial charge in [-0.3, -0.25) is 9.59 Å². The van der Waals surface area contributed by atoms with E-state index in [9.17, 15) is 19.5 Å². The smallest absolute Gasteiger partial charge is 0.326 e. The highest BCUT2D eigenvalue weighted by molar-refractivity contribution is 8.13. The first-order valence-electron chi connectivity index (χ1n) is 10.2. The lowest BCUT2D eigenvalue weighted by Crippen LogP contribution is -2.45. The molecule has 0 bridgehead atoms. The van der Waals surface area contributed by atoms with Gasteiger partial charge in [0.2, 0.25) is 0 Å². The van der Waals surface area contributed by atoms with E-state index in [2.05, 4.69) is 9.88 Å². The maximum absolute atomic E-state index is 12.7. The van der Waals surface area contributed by atoms with Crippen molar-refractivity contribution in [1.29, 1.82) is 0 Å². The lowest BCUT2D eigenvalue weighted by Gasteiger charge is -2.20. The third-order valence-corrected chi connectivity index (χ3v) is 5.95. The molecular weight excluding hydrogens is 400 g/mol. The van der Waals surface area contributed by atoms with Crippen molar-refractivity contribution in [2.75, 3.05) is 0 Å². The van der Waals surface area contributed by atoms with Gasteiger partial charge in [0.25, 0.3) is 5.91 Å². The van der Waals surface area contributed by atoms with Gasteiger partial charge in [0.15, 0.2) is 17.5 Å². The first-order valence-corrected chi connectivity index (χ1v) is 11.0. The summed E-state index contributed by atoms with van der Waals surface area (Å²) in [7, 11) is 0. The van der Waals surface area contributed by atoms with Crippen molar-refractivity contribution in [3.8, 4) is 0 Å². The van der Waals surface area contributed by atoms with Crippen LogP contribution in [0.25, 0.3) is 0 Å². The van der Waals surface area contributed by atoms with Crippen molar-refractivity contribution in [3.63, 3.8) is 0 Å². The molecule has 1 aromatic heterocycles. The monoisotopic (exact) mass is 429 g/mol. The number of carbonyl (C=O) groups excluding carboxylic acids is 2. The van der Waals surface area contributed by atoms with E-state index in [1.807, 2.05) is 37.5 Å². The number of hydrogen-bond acceptors (Lipinski definition) is 4. The maximum atomic E-state index is 12.7. The SMILES string of the molecule is CC[C@H](C)[C@H](NC(=O)c1ccccc1SC(=O)CCCC[n+]1ccccc1)C(=O)O. The Balaban J connectivity index is 1.92. The molecule has 2 aromatic rings. The van der Waals surface area contributed by atoms with Gasteiger partial charge in [-0.2, -0.15) is 0 Å². The molecule has 0 saturated carbocycles. The molecule has 0 radical (unpaired) electrons. The van der Waals surface area contributed by atoms with Gasteiger partial charge in [-0.25, -0.2) is 9.36 Å². The Kier molecular flexibility index (Phi) is 9.54. The standard InChI is InChI=1S/C23H28N2O4S/c1-3-17(2)21(23(28)29)24-22(27)18-11-5-6-12-19(18)30-20(26)13-7-10-16-25-14-8-4-9-15-25/h4-6,8-9,11-12,14-15,17,21H,3,7,10,13,16H2,1-2H3,(H-,24,27,28,29)/p+1/t17-,21-/m0/s1. The lowest BCUT2D eigenvalue weighted by molar-refractivity contribution is -0.697. The van der Waals surface area contributed by atoms with E-state index in [4.69, 9.17) is 0 Å². The predicted molar refractivity (Wildman–Crippen MR) is 116 cm³/mol. The highest BCUT2D eigenvalue weighted by atomic mass is 32.2. The van der Waals surface area contributed by atoms with Crippen LogP contribution >= 0.6 is 11.8 Å². The number of aliphatic carboxylic acids is 1. The van der Waals surface area contributed by atoms with E-state index in [0.717, 1.165) is 31.1 Å². The Morgan fingerprint density at radius 3 is 2.43 bits per heavy atom. The molecule has 2 atom stereocenters. The fourth-order valence-corrected chi connectivity index (χ4v) is 3.88. The zero-order valence-electron chi connectivity index (χ0n) is 17.4. The van der Waals surface area contributed by atoms with Gasteiger partial charge >= 0.3 is 5.97 Å². The quantitative estimate of drug-likeness (QED) is 0.323. The molecule has 0 aliphatic rings. The maximum Gasteiger partial charge on any atom is 0.326 e. The lowest BCUT2D eigenvalue weighted by atomic mass is 9.99. The molecule has 0 aliphatic heterocycles. The molecule has 0 unspecified atom stereocenters. The minimum Gasteiger partial charge on any atom is -0.480 e. The van der Waals surface area contributed by atoms with Crippen molar-refractivity contribution >= 4 is 28.8 Å². The number of pyridine rings is 1. The Labute approximate surface area is 181 Å². The van der Waals surface area contributed by atoms with Crippen LogP contribution in [0.2, 0.25) is 0 Å². The van der Waals surface area contributed by atoms with E-state index in [0.29, 0.717) is 23.3 Å². The summed E-state index contributed by atoms with van der Waals surface area (Å²) in [5.74, 6) is -1.73. The molecule has 6 nitrogen and oxygen atoms in total. The van der Waals surface area contributed by atoms with Crippen molar-refractivity contribution < 1.29 is 24.1 Å². The van der Waals surface area contributed by atoms with Crippen LogP contribution in [0.15, 0.2) is 59.8 Å². The number of unbranched alkanes of at least 4 members (excludes halogenated alkanes) is 1. The number of nitrogens with zero attached hydrogens (tertiary/aromatic N) is 1. The average molecular weight is 430 g/mol. The third-order valence-electron chi connectivity index (χ3n) is 4.95. The molecule has 0 aliphatic carbocycles. The van der Waals surface area contributed by atoms with Gasteiger partial charge in [0.05, 0.1) is 5.56 Å². The van der Waals surface area contributed by atoms with Crippen LogP contribution in [0.3, 0.4) is 0 Å². The number of carboxylic acid groups (broad SMARTS) is 1. The van der Waals surface area contributed by atoms with Crippen LogP contribution in [0.4, 0.5) is 0 Å². The zero-order valence-corrected chi connectivity index (χ0v) is 18.2. The van der Waals surface area contributed by atoms with E-state index in [1.54, 1.807) is 31.2 Å². The van der Waals surface area contributed by atoms with Gasteiger partial charge in [-0.1, -0.05) is 50.2 Å². The second-order valence-electron chi connectivity index (χ2n) is 7.22. The molecule has 30 heavy (non-hydrogen) atoms. The van der Waals surface area contributed by atoms with Crippen LogP contribution in [0.5, 0.6) is 0 Å². The number of carboxylic acids is 1. The molecule has 2 N–H and O–H groups in total. The molecule has 1 aromatic carbocycles. The molecule has 1 heterocycles. The summed E-state index contributed by atoms with van der Waals surface area (Å²) in [6.07, 6.45) is 6.69. The van der Waals surface area contributed by atoms with Crippen LogP contribution < -0.4 is 9.88 Å². The summed E-state index contributed by atoms with van der Waals surface area (Å²) in [4.78, 5) is 37.2. The molecule has 2 rings (SSSR count). The van der Waals surface area contributed by atoms with Gasteiger partial charge in [-0.15, -0.1) is 0 Å². The van der Waals surface area contributed by atoms with Crippen molar-refractivity contribution in [1.82, 2.24) is 5.32 Å². The Morgan fingerprint density at radius 1 is 1.07 bits per heavy atom. The molecule has 160 valence electrons. The first-order chi connectivity index (χ1) is 14.4. The first kappa shape index (κ1) is 23.6. The number of aromatic nitrogens is 1.